The third-order valence-electron chi connectivity index (χ3n) is 2.91. The summed E-state index contributed by atoms with van der Waals surface area (Å²) in [4.78, 5) is 20.5. The van der Waals surface area contributed by atoms with E-state index >= 15 is 0 Å². The minimum absolute atomic E-state index is 0.224. The lowest BCUT2D eigenvalue weighted by atomic mass is 9.98. The van der Waals surface area contributed by atoms with E-state index in [0.717, 1.165) is 0 Å². The molecule has 0 aromatic carbocycles. The number of hydrogen-bond donors (Lipinski definition) is 0. The van der Waals surface area contributed by atoms with Gasteiger partial charge in [0.05, 0.1) is 12.1 Å². The summed E-state index contributed by atoms with van der Waals surface area (Å²) in [5, 5.41) is 0.400. The van der Waals surface area contributed by atoms with Crippen molar-refractivity contribution in [3.63, 3.8) is 0 Å². The second-order valence-corrected chi connectivity index (χ2v) is 4.70. The molecule has 1 aromatic rings. The number of halogens is 1. The van der Waals surface area contributed by atoms with E-state index in [1.807, 2.05) is 13.8 Å². The average molecular weight is 335 g/mol. The Morgan fingerprint density at radius 1 is 1.43 bits per heavy atom. The van der Waals surface area contributed by atoms with Crippen molar-refractivity contribution in [3.05, 3.63) is 64.3 Å². The van der Waals surface area contributed by atoms with E-state index in [4.69, 9.17) is 16.3 Å². The second-order valence-electron chi connectivity index (χ2n) is 4.26. The number of ketones is 1. The fourth-order valence-electron chi connectivity index (χ4n) is 1.64. The summed E-state index contributed by atoms with van der Waals surface area (Å²) in [6.07, 6.45) is 4.61. The standard InChI is InChI=1S/C16H17ClN2O2.C2H6/c1-6-10(2)13(8-15(18-4)21-5)16(20)14-7-12(17)9-19-11(14)3;1-2/h6-9H,1,4H2,2-3,5H3;1-2H3/b13-10-,15-8+;. The number of ether oxygens (including phenoxy) is 1. The van der Waals surface area contributed by atoms with Gasteiger partial charge < -0.3 is 4.74 Å². The molecule has 0 radical (unpaired) electrons. The summed E-state index contributed by atoms with van der Waals surface area (Å²) in [6, 6.07) is 1.59. The highest BCUT2D eigenvalue weighted by Crippen LogP contribution is 2.21. The Hall–Kier alpha value is -2.20. The van der Waals surface area contributed by atoms with Gasteiger partial charge in [0.25, 0.3) is 0 Å². The van der Waals surface area contributed by atoms with Crippen LogP contribution in [0.3, 0.4) is 0 Å². The predicted octanol–water partition coefficient (Wildman–Crippen LogP) is 4.94. The third-order valence-corrected chi connectivity index (χ3v) is 3.11. The van der Waals surface area contributed by atoms with Gasteiger partial charge in [-0.2, -0.15) is 0 Å². The fraction of sp³-hybridized carbons (Fsp3) is 0.278. The molecule has 0 amide bonds. The van der Waals surface area contributed by atoms with E-state index in [1.165, 1.54) is 19.4 Å². The lowest BCUT2D eigenvalue weighted by molar-refractivity contribution is 0.103. The Bertz CT molecular complexity index is 646. The lowest BCUT2D eigenvalue weighted by Gasteiger charge is -2.09. The maximum atomic E-state index is 12.7. The summed E-state index contributed by atoms with van der Waals surface area (Å²) in [7, 11) is 1.46. The van der Waals surface area contributed by atoms with Crippen LogP contribution in [-0.4, -0.2) is 24.6 Å². The van der Waals surface area contributed by atoms with Gasteiger partial charge in [0.2, 0.25) is 5.88 Å². The maximum Gasteiger partial charge on any atom is 0.213 e. The monoisotopic (exact) mass is 334 g/mol. The predicted molar refractivity (Wildman–Crippen MR) is 97.2 cm³/mol. The number of nitrogens with zero attached hydrogens (tertiary/aromatic N) is 2. The van der Waals surface area contributed by atoms with Crippen LogP contribution >= 0.6 is 11.6 Å². The number of carbonyl (C=O) groups is 1. The first-order chi connectivity index (χ1) is 10.9. The molecule has 0 saturated heterocycles. The molecule has 0 spiro atoms. The average Bonchev–Trinajstić information content (AvgIpc) is 2.58. The number of allylic oxidation sites excluding steroid dienone is 4. The van der Waals surface area contributed by atoms with Crippen molar-refractivity contribution >= 4 is 24.1 Å². The number of hydrogen-bond acceptors (Lipinski definition) is 4. The van der Waals surface area contributed by atoms with Gasteiger partial charge >= 0.3 is 0 Å². The molecule has 4 nitrogen and oxygen atoms in total. The van der Waals surface area contributed by atoms with Gasteiger partial charge in [-0.25, -0.2) is 4.99 Å². The zero-order valence-electron chi connectivity index (χ0n) is 14.3. The number of carbonyl (C=O) groups excluding carboxylic acids is 1. The highest BCUT2D eigenvalue weighted by Gasteiger charge is 2.17. The van der Waals surface area contributed by atoms with Crippen molar-refractivity contribution in [2.75, 3.05) is 7.11 Å². The van der Waals surface area contributed by atoms with Crippen molar-refractivity contribution in [2.24, 2.45) is 4.99 Å². The number of rotatable bonds is 6. The van der Waals surface area contributed by atoms with Crippen LogP contribution in [0.5, 0.6) is 0 Å². The number of aryl methyl sites for hydroxylation is 1. The minimum atomic E-state index is -0.224. The first-order valence-corrected chi connectivity index (χ1v) is 7.55. The lowest BCUT2D eigenvalue weighted by Crippen LogP contribution is -2.08. The van der Waals surface area contributed by atoms with Crippen LogP contribution in [0.1, 0.15) is 36.8 Å². The molecule has 0 saturated carbocycles. The number of Topliss-reactive ketones (excluding diaryl/α,β-unsaturated/α-hetero) is 1. The molecule has 0 aliphatic heterocycles. The largest absolute Gasteiger partial charge is 0.481 e. The van der Waals surface area contributed by atoms with Crippen LogP contribution in [0.2, 0.25) is 5.02 Å². The van der Waals surface area contributed by atoms with Gasteiger partial charge in [0.15, 0.2) is 5.78 Å². The topological polar surface area (TPSA) is 51.5 Å². The van der Waals surface area contributed by atoms with Crippen molar-refractivity contribution in [3.8, 4) is 0 Å². The molecule has 0 N–H and O–H groups in total. The van der Waals surface area contributed by atoms with Crippen LogP contribution in [0.25, 0.3) is 0 Å². The van der Waals surface area contributed by atoms with E-state index in [-0.39, 0.29) is 11.7 Å². The molecule has 23 heavy (non-hydrogen) atoms. The Kier molecular flexibility index (Phi) is 9.51. The smallest absolute Gasteiger partial charge is 0.213 e. The van der Waals surface area contributed by atoms with Crippen molar-refractivity contribution in [1.82, 2.24) is 4.98 Å². The molecule has 0 aliphatic rings. The van der Waals surface area contributed by atoms with E-state index in [2.05, 4.69) is 23.3 Å². The molecule has 1 rings (SSSR count). The van der Waals surface area contributed by atoms with E-state index in [9.17, 15) is 4.79 Å². The molecule has 1 aromatic heterocycles. The van der Waals surface area contributed by atoms with Crippen molar-refractivity contribution in [1.29, 1.82) is 0 Å². The molecule has 0 aliphatic carbocycles. The van der Waals surface area contributed by atoms with Crippen LogP contribution < -0.4 is 0 Å². The molecule has 0 unspecified atom stereocenters. The van der Waals surface area contributed by atoms with Crippen molar-refractivity contribution in [2.45, 2.75) is 27.7 Å². The minimum Gasteiger partial charge on any atom is -0.481 e. The molecule has 1 heterocycles. The molecule has 124 valence electrons. The van der Waals surface area contributed by atoms with Gasteiger partial charge in [0, 0.05) is 29.1 Å². The van der Waals surface area contributed by atoms with Crippen LogP contribution in [-0.2, 0) is 4.74 Å². The molecule has 0 atom stereocenters. The molecular weight excluding hydrogens is 312 g/mol. The summed E-state index contributed by atoms with van der Waals surface area (Å²) in [5.74, 6) is 0.0188. The Morgan fingerprint density at radius 3 is 2.52 bits per heavy atom. The number of aromatic nitrogens is 1. The Balaban J connectivity index is 0.00000232. The van der Waals surface area contributed by atoms with Gasteiger partial charge in [-0.15, -0.1) is 0 Å². The summed E-state index contributed by atoms with van der Waals surface area (Å²) >= 11 is 5.92. The van der Waals surface area contributed by atoms with E-state index < -0.39 is 0 Å². The van der Waals surface area contributed by atoms with Gasteiger partial charge in [0.1, 0.15) is 0 Å². The summed E-state index contributed by atoms with van der Waals surface area (Å²) < 4.78 is 5.03. The van der Waals surface area contributed by atoms with Gasteiger partial charge in [-0.3, -0.25) is 9.78 Å². The Labute approximate surface area is 143 Å². The van der Waals surface area contributed by atoms with Crippen LogP contribution in [0, 0.1) is 6.92 Å². The van der Waals surface area contributed by atoms with Crippen LogP contribution in [0.15, 0.2) is 53.0 Å². The zero-order valence-corrected chi connectivity index (χ0v) is 15.1. The molecular formula is C18H23ClN2O2. The molecule has 0 fully saturated rings. The maximum absolute atomic E-state index is 12.7. The summed E-state index contributed by atoms with van der Waals surface area (Å²) in [5.41, 5.74) is 2.12. The zero-order chi connectivity index (χ0) is 18.0. The second kappa shape index (κ2) is 10.5. The quantitative estimate of drug-likeness (QED) is 0.243. The Morgan fingerprint density at radius 2 is 2.04 bits per heavy atom. The highest BCUT2D eigenvalue weighted by atomic mass is 35.5. The van der Waals surface area contributed by atoms with E-state index in [0.29, 0.717) is 27.4 Å². The number of aliphatic imine (C=N–C) groups is 1. The highest BCUT2D eigenvalue weighted by molar-refractivity contribution is 6.31. The molecule has 0 bridgehead atoms. The van der Waals surface area contributed by atoms with Gasteiger partial charge in [-0.1, -0.05) is 38.1 Å². The SMILES string of the molecule is C=C/C(C)=C(/C=C(\N=C)OC)C(=O)c1cc(Cl)cnc1C.CC. The first-order valence-electron chi connectivity index (χ1n) is 7.17. The normalized spacial score (nSPS) is 11.7. The molecule has 5 heteroatoms. The fourth-order valence-corrected chi connectivity index (χ4v) is 1.80. The first kappa shape index (κ1) is 20.8. The van der Waals surface area contributed by atoms with E-state index in [1.54, 1.807) is 26.0 Å². The van der Waals surface area contributed by atoms with Crippen molar-refractivity contribution < 1.29 is 9.53 Å². The third kappa shape index (κ3) is 5.83. The van der Waals surface area contributed by atoms with Crippen LogP contribution in [0.4, 0.5) is 0 Å². The number of pyridine rings is 1. The van der Waals surface area contributed by atoms with Gasteiger partial charge in [-0.05, 0) is 32.2 Å². The summed E-state index contributed by atoms with van der Waals surface area (Å²) in [6.45, 7) is 14.6. The number of methoxy groups -OCH3 is 1.